The first-order valence-corrected chi connectivity index (χ1v) is 24.8. The quantitative estimate of drug-likeness (QED) is 0.128. The Labute approximate surface area is 413 Å². The van der Waals surface area contributed by atoms with Crippen LogP contribution in [0.5, 0.6) is 0 Å². The topological polar surface area (TPSA) is 9.72 Å². The molecular weight excluding hydrogens is 835 g/mol. The Kier molecular flexibility index (Phi) is 19.1. The van der Waals surface area contributed by atoms with Crippen molar-refractivity contribution in [3.05, 3.63) is 261 Å². The minimum atomic E-state index is 1.09. The van der Waals surface area contributed by atoms with Gasteiger partial charge >= 0.3 is 0 Å². The zero-order valence-corrected chi connectivity index (χ0v) is 41.7. The second-order valence-corrected chi connectivity index (χ2v) is 15.0. The molecule has 0 unspecified atom stereocenters. The summed E-state index contributed by atoms with van der Waals surface area (Å²) in [5, 5.41) is 2.41. The second-order valence-electron chi connectivity index (χ2n) is 15.0. The molecule has 0 saturated heterocycles. The second kappa shape index (κ2) is 26.3. The van der Waals surface area contributed by atoms with E-state index in [2.05, 4.69) is 276 Å². The number of benzene rings is 10. The zero-order valence-electron chi connectivity index (χ0n) is 41.7. The lowest BCUT2D eigenvalue weighted by Gasteiger charge is -2.27. The highest BCUT2D eigenvalue weighted by Gasteiger charge is 2.17. The van der Waals surface area contributed by atoms with Crippen molar-refractivity contribution in [1.29, 1.82) is 0 Å². The lowest BCUT2D eigenvalue weighted by Crippen LogP contribution is -2.10. The maximum absolute atomic E-state index is 2.37. The molecule has 0 atom stereocenters. The summed E-state index contributed by atoms with van der Waals surface area (Å²) in [6.45, 7) is 16.0. The molecule has 0 aromatic heterocycles. The standard InChI is InChI=1S/C58H43N3.4C2H6/c1-5-18-49(19-6-1)59(50-20-7-2-8-21-50)53-36-28-44(29-37-53)46-32-40-55(41-33-46)61(58-27-15-17-48-16-13-14-26-57(48)58)56-42-34-47(35-43-56)45-30-38-54(39-31-45)60(51-22-9-3-10-23-51)52-24-11-4-12-25-52;4*1-2/h1-43H;4*1-2H3. The largest absolute Gasteiger partial charge is 0.311 e. The van der Waals surface area contributed by atoms with Crippen LogP contribution in [0.25, 0.3) is 33.0 Å². The maximum Gasteiger partial charge on any atom is 0.0540 e. The van der Waals surface area contributed by atoms with Crippen molar-refractivity contribution in [3.63, 3.8) is 0 Å². The molecule has 346 valence electrons. The van der Waals surface area contributed by atoms with Gasteiger partial charge in [-0.25, -0.2) is 0 Å². The van der Waals surface area contributed by atoms with Gasteiger partial charge in [0.2, 0.25) is 0 Å². The molecule has 0 radical (unpaired) electrons. The monoisotopic (exact) mass is 902 g/mol. The van der Waals surface area contributed by atoms with Crippen LogP contribution in [0.2, 0.25) is 0 Å². The average Bonchev–Trinajstić information content (AvgIpc) is 3.45. The molecule has 69 heavy (non-hydrogen) atoms. The first kappa shape index (κ1) is 50.3. The predicted octanol–water partition coefficient (Wildman–Crippen LogP) is 20.7. The van der Waals surface area contributed by atoms with Gasteiger partial charge in [0.1, 0.15) is 0 Å². The zero-order chi connectivity index (χ0) is 48.8. The van der Waals surface area contributed by atoms with E-state index in [-0.39, 0.29) is 0 Å². The molecule has 3 nitrogen and oxygen atoms in total. The molecule has 0 amide bonds. The molecule has 0 bridgehead atoms. The van der Waals surface area contributed by atoms with Crippen molar-refractivity contribution in [2.45, 2.75) is 55.4 Å². The molecule has 0 aliphatic rings. The summed E-state index contributed by atoms with van der Waals surface area (Å²) in [6, 6.07) is 92.9. The van der Waals surface area contributed by atoms with Crippen LogP contribution in [0.3, 0.4) is 0 Å². The van der Waals surface area contributed by atoms with Gasteiger partial charge in [0, 0.05) is 50.9 Å². The van der Waals surface area contributed by atoms with Gasteiger partial charge in [0.25, 0.3) is 0 Å². The van der Waals surface area contributed by atoms with E-state index >= 15 is 0 Å². The van der Waals surface area contributed by atoms with Crippen LogP contribution in [-0.4, -0.2) is 0 Å². The van der Waals surface area contributed by atoms with E-state index in [1.54, 1.807) is 0 Å². The Bertz CT molecular complexity index is 2720. The van der Waals surface area contributed by atoms with Crippen LogP contribution in [-0.2, 0) is 0 Å². The van der Waals surface area contributed by atoms with Gasteiger partial charge in [0.05, 0.1) is 5.69 Å². The molecule has 0 heterocycles. The third-order valence-electron chi connectivity index (χ3n) is 11.2. The van der Waals surface area contributed by atoms with E-state index in [9.17, 15) is 0 Å². The fourth-order valence-electron chi connectivity index (χ4n) is 8.25. The van der Waals surface area contributed by atoms with Crippen LogP contribution < -0.4 is 14.7 Å². The minimum Gasteiger partial charge on any atom is -0.311 e. The van der Waals surface area contributed by atoms with Crippen molar-refractivity contribution in [2.24, 2.45) is 0 Å². The SMILES string of the molecule is CC.CC.CC.CC.c1ccc(N(c2ccccc2)c2ccc(-c3ccc(N(c4ccc(-c5ccc(N(c6ccccc6)c6ccccc6)cc5)cc4)c4cccc5ccccc45)cc3)cc2)cc1. The van der Waals surface area contributed by atoms with Gasteiger partial charge in [-0.3, -0.25) is 0 Å². The molecule has 0 N–H and O–H groups in total. The highest BCUT2D eigenvalue weighted by Crippen LogP contribution is 2.42. The fourth-order valence-corrected chi connectivity index (χ4v) is 8.25. The van der Waals surface area contributed by atoms with Gasteiger partial charge in [-0.15, -0.1) is 0 Å². The summed E-state index contributed by atoms with van der Waals surface area (Å²) >= 11 is 0. The van der Waals surface area contributed by atoms with E-state index in [4.69, 9.17) is 0 Å². The Morgan fingerprint density at radius 1 is 0.188 bits per heavy atom. The van der Waals surface area contributed by atoms with E-state index in [0.29, 0.717) is 0 Å². The Hall–Kier alpha value is -8.14. The van der Waals surface area contributed by atoms with Gasteiger partial charge in [-0.1, -0.05) is 213 Å². The molecule has 3 heteroatoms. The van der Waals surface area contributed by atoms with Gasteiger partial charge in [-0.05, 0) is 131 Å². The number of anilines is 9. The summed E-state index contributed by atoms with van der Waals surface area (Å²) in [4.78, 5) is 6.96. The Balaban J connectivity index is 0.000000931. The normalized spacial score (nSPS) is 10.0. The lowest BCUT2D eigenvalue weighted by molar-refractivity contribution is 1.28. The molecule has 10 rings (SSSR count). The number of nitrogens with zero attached hydrogens (tertiary/aromatic N) is 3. The highest BCUT2D eigenvalue weighted by atomic mass is 15.2. The van der Waals surface area contributed by atoms with Gasteiger partial charge in [-0.2, -0.15) is 0 Å². The van der Waals surface area contributed by atoms with E-state index in [1.165, 1.54) is 21.9 Å². The van der Waals surface area contributed by atoms with Crippen LogP contribution >= 0.6 is 0 Å². The summed E-state index contributed by atoms with van der Waals surface area (Å²) in [7, 11) is 0. The molecule has 10 aromatic carbocycles. The van der Waals surface area contributed by atoms with Crippen LogP contribution in [0.4, 0.5) is 51.2 Å². The number of para-hydroxylation sites is 4. The number of hydrogen-bond donors (Lipinski definition) is 0. The van der Waals surface area contributed by atoms with Crippen LogP contribution in [0.15, 0.2) is 261 Å². The summed E-state index contributed by atoms with van der Waals surface area (Å²) in [6.07, 6.45) is 0. The predicted molar refractivity (Wildman–Crippen MR) is 304 cm³/mol. The molecule has 0 aliphatic carbocycles. The number of fused-ring (bicyclic) bond motifs is 1. The smallest absolute Gasteiger partial charge is 0.0540 e. The molecule has 0 spiro atoms. The number of rotatable bonds is 11. The van der Waals surface area contributed by atoms with Crippen LogP contribution in [0, 0.1) is 0 Å². The molecule has 0 saturated carbocycles. The third kappa shape index (κ3) is 12.1. The third-order valence-corrected chi connectivity index (χ3v) is 11.2. The molecule has 0 fully saturated rings. The van der Waals surface area contributed by atoms with Crippen LogP contribution in [0.1, 0.15) is 55.4 Å². The van der Waals surface area contributed by atoms with Crippen molar-refractivity contribution in [3.8, 4) is 22.3 Å². The summed E-state index contributed by atoms with van der Waals surface area (Å²) in [5.74, 6) is 0. The van der Waals surface area contributed by atoms with E-state index in [1.807, 2.05) is 55.4 Å². The van der Waals surface area contributed by atoms with Crippen molar-refractivity contribution in [2.75, 3.05) is 14.7 Å². The summed E-state index contributed by atoms with van der Waals surface area (Å²) < 4.78 is 0. The Morgan fingerprint density at radius 2 is 0.420 bits per heavy atom. The van der Waals surface area contributed by atoms with Crippen molar-refractivity contribution < 1.29 is 0 Å². The highest BCUT2D eigenvalue weighted by molar-refractivity contribution is 5.99. The van der Waals surface area contributed by atoms with E-state index in [0.717, 1.165) is 62.3 Å². The van der Waals surface area contributed by atoms with Gasteiger partial charge in [0.15, 0.2) is 0 Å². The minimum absolute atomic E-state index is 1.09. The first-order chi connectivity index (χ1) is 34.3. The summed E-state index contributed by atoms with van der Waals surface area (Å²) in [5.41, 5.74) is 14.7. The number of hydrogen-bond acceptors (Lipinski definition) is 3. The fraction of sp³-hybridized carbons (Fsp3) is 0.121. The first-order valence-electron chi connectivity index (χ1n) is 24.8. The van der Waals surface area contributed by atoms with E-state index < -0.39 is 0 Å². The Morgan fingerprint density at radius 3 is 0.725 bits per heavy atom. The maximum atomic E-state index is 2.37. The van der Waals surface area contributed by atoms with Crippen molar-refractivity contribution >= 4 is 62.0 Å². The lowest BCUT2D eigenvalue weighted by atomic mass is 10.0. The molecule has 10 aromatic rings. The average molecular weight is 902 g/mol. The van der Waals surface area contributed by atoms with Crippen molar-refractivity contribution in [1.82, 2.24) is 0 Å². The molecule has 0 aliphatic heterocycles. The molecular formula is C66H67N3. The van der Waals surface area contributed by atoms with Gasteiger partial charge < -0.3 is 14.7 Å².